The maximum atomic E-state index is 12.4. The second-order valence-electron chi connectivity index (χ2n) is 4.91. The van der Waals surface area contributed by atoms with Crippen LogP contribution in [0.1, 0.15) is 24.2 Å². The number of sulfonamides is 1. The highest BCUT2D eigenvalue weighted by molar-refractivity contribution is 7.92. The molecule has 0 aliphatic heterocycles. The van der Waals surface area contributed by atoms with E-state index in [2.05, 4.69) is 10.0 Å². The molecule has 2 N–H and O–H groups in total. The van der Waals surface area contributed by atoms with E-state index in [1.54, 1.807) is 18.2 Å². The number of carbonyl (C=O) groups excluding carboxylic acids is 2. The Labute approximate surface area is 134 Å². The van der Waals surface area contributed by atoms with Gasteiger partial charge in [-0.15, -0.1) is 0 Å². The minimum Gasteiger partial charge on any atom is -0.326 e. The van der Waals surface area contributed by atoms with Crippen LogP contribution in [-0.2, 0) is 14.8 Å². The van der Waals surface area contributed by atoms with Gasteiger partial charge in [0.25, 0.3) is 10.0 Å². The van der Waals surface area contributed by atoms with Crippen LogP contribution in [0.25, 0.3) is 0 Å². The highest BCUT2D eigenvalue weighted by Gasteiger charge is 2.17. The lowest BCUT2D eigenvalue weighted by atomic mass is 10.1. The van der Waals surface area contributed by atoms with Gasteiger partial charge in [-0.05, 0) is 43.3 Å². The summed E-state index contributed by atoms with van der Waals surface area (Å²) in [6, 6.07) is 12.1. The molecule has 120 valence electrons. The molecule has 0 aliphatic rings. The summed E-state index contributed by atoms with van der Waals surface area (Å²) < 4.78 is 27.2. The molecule has 2 aromatic rings. The van der Waals surface area contributed by atoms with Crippen molar-refractivity contribution in [2.75, 3.05) is 10.0 Å². The number of benzene rings is 2. The van der Waals surface area contributed by atoms with Crippen molar-refractivity contribution in [3.63, 3.8) is 0 Å². The average Bonchev–Trinajstić information content (AvgIpc) is 2.47. The lowest BCUT2D eigenvalue weighted by molar-refractivity contribution is -0.114. The molecule has 0 aromatic heterocycles. The number of hydrogen-bond acceptors (Lipinski definition) is 4. The molecular formula is C16H16N2O4S. The summed E-state index contributed by atoms with van der Waals surface area (Å²) in [6.07, 6.45) is 0. The third-order valence-corrected chi connectivity index (χ3v) is 4.42. The number of anilines is 2. The second kappa shape index (κ2) is 6.62. The number of para-hydroxylation sites is 1. The van der Waals surface area contributed by atoms with E-state index in [0.717, 1.165) is 0 Å². The lowest BCUT2D eigenvalue weighted by Gasteiger charge is -2.11. The van der Waals surface area contributed by atoms with Crippen molar-refractivity contribution in [2.24, 2.45) is 0 Å². The highest BCUT2D eigenvalue weighted by Crippen LogP contribution is 2.21. The van der Waals surface area contributed by atoms with Crippen LogP contribution < -0.4 is 10.0 Å². The minimum atomic E-state index is -3.83. The third-order valence-electron chi connectivity index (χ3n) is 3.04. The van der Waals surface area contributed by atoms with Gasteiger partial charge in [-0.1, -0.05) is 12.1 Å². The Hall–Kier alpha value is -2.67. The maximum absolute atomic E-state index is 12.4. The van der Waals surface area contributed by atoms with Crippen LogP contribution in [0.5, 0.6) is 0 Å². The molecule has 23 heavy (non-hydrogen) atoms. The van der Waals surface area contributed by atoms with Gasteiger partial charge in [-0.25, -0.2) is 8.42 Å². The first kappa shape index (κ1) is 16.7. The lowest BCUT2D eigenvalue weighted by Crippen LogP contribution is -2.15. The van der Waals surface area contributed by atoms with Crippen molar-refractivity contribution >= 4 is 33.1 Å². The topological polar surface area (TPSA) is 92.3 Å². The fourth-order valence-electron chi connectivity index (χ4n) is 2.00. The Morgan fingerprint density at radius 2 is 1.52 bits per heavy atom. The minimum absolute atomic E-state index is 0.0324. The number of nitrogens with one attached hydrogen (secondary N) is 2. The van der Waals surface area contributed by atoms with Gasteiger partial charge in [-0.3, -0.25) is 14.3 Å². The second-order valence-corrected chi connectivity index (χ2v) is 6.60. The molecule has 0 bridgehead atoms. The first-order valence-corrected chi connectivity index (χ1v) is 8.28. The number of rotatable bonds is 5. The summed E-state index contributed by atoms with van der Waals surface area (Å²) in [6.45, 7) is 2.74. The molecule has 0 unspecified atom stereocenters. The molecule has 2 rings (SSSR count). The standard InChI is InChI=1S/C16H16N2O4S/c1-11(19)15-5-3-4-6-16(15)18-23(21,22)14-9-7-13(8-10-14)17-12(2)20/h3-10,18H,1-2H3,(H,17,20). The summed E-state index contributed by atoms with van der Waals surface area (Å²) in [7, 11) is -3.83. The van der Waals surface area contributed by atoms with Crippen molar-refractivity contribution in [3.8, 4) is 0 Å². The van der Waals surface area contributed by atoms with Gasteiger partial charge >= 0.3 is 0 Å². The molecule has 0 saturated heterocycles. The molecule has 0 atom stereocenters. The maximum Gasteiger partial charge on any atom is 0.261 e. The van der Waals surface area contributed by atoms with Crippen molar-refractivity contribution < 1.29 is 18.0 Å². The van der Waals surface area contributed by atoms with Crippen LogP contribution in [0.3, 0.4) is 0 Å². The normalized spacial score (nSPS) is 10.9. The largest absolute Gasteiger partial charge is 0.326 e. The van der Waals surface area contributed by atoms with E-state index in [1.165, 1.54) is 44.2 Å². The van der Waals surface area contributed by atoms with Crippen LogP contribution >= 0.6 is 0 Å². The summed E-state index contributed by atoms with van der Waals surface area (Å²) >= 11 is 0. The van der Waals surface area contributed by atoms with E-state index in [1.807, 2.05) is 0 Å². The Morgan fingerprint density at radius 1 is 0.913 bits per heavy atom. The van der Waals surface area contributed by atoms with Gasteiger partial charge in [0.2, 0.25) is 5.91 Å². The van der Waals surface area contributed by atoms with Gasteiger partial charge < -0.3 is 5.32 Å². The Morgan fingerprint density at radius 3 is 2.09 bits per heavy atom. The average molecular weight is 332 g/mol. The van der Waals surface area contributed by atoms with Gasteiger partial charge in [0.15, 0.2) is 5.78 Å². The molecule has 0 saturated carbocycles. The zero-order valence-electron chi connectivity index (χ0n) is 12.7. The molecule has 2 aromatic carbocycles. The van der Waals surface area contributed by atoms with Crippen LogP contribution in [0.4, 0.5) is 11.4 Å². The molecule has 0 fully saturated rings. The monoisotopic (exact) mass is 332 g/mol. The van der Waals surface area contributed by atoms with Crippen LogP contribution in [-0.4, -0.2) is 20.1 Å². The predicted octanol–water partition coefficient (Wildman–Crippen LogP) is 2.65. The summed E-state index contributed by atoms with van der Waals surface area (Å²) in [5.74, 6) is -0.474. The first-order chi connectivity index (χ1) is 10.8. The number of ketones is 1. The van der Waals surface area contributed by atoms with Gasteiger partial charge in [0, 0.05) is 18.2 Å². The van der Waals surface area contributed by atoms with Crippen molar-refractivity contribution in [1.29, 1.82) is 0 Å². The number of hydrogen-bond donors (Lipinski definition) is 2. The Kier molecular flexibility index (Phi) is 4.80. The number of amides is 1. The van der Waals surface area contributed by atoms with E-state index < -0.39 is 10.0 Å². The molecule has 0 heterocycles. The first-order valence-electron chi connectivity index (χ1n) is 6.80. The van der Waals surface area contributed by atoms with Crippen molar-refractivity contribution in [3.05, 3.63) is 54.1 Å². The van der Waals surface area contributed by atoms with Gasteiger partial charge in [0.05, 0.1) is 10.6 Å². The molecule has 1 amide bonds. The van der Waals surface area contributed by atoms with Gasteiger partial charge in [0.1, 0.15) is 0 Å². The van der Waals surface area contributed by atoms with Crippen molar-refractivity contribution in [2.45, 2.75) is 18.7 Å². The molecule has 0 spiro atoms. The van der Waals surface area contributed by atoms with E-state index in [-0.39, 0.29) is 22.3 Å². The van der Waals surface area contributed by atoms with E-state index in [4.69, 9.17) is 0 Å². The molecular weight excluding hydrogens is 316 g/mol. The van der Waals surface area contributed by atoms with E-state index in [9.17, 15) is 18.0 Å². The molecule has 6 nitrogen and oxygen atoms in total. The van der Waals surface area contributed by atoms with Crippen LogP contribution in [0.2, 0.25) is 0 Å². The Balaban J connectivity index is 2.29. The van der Waals surface area contributed by atoms with Gasteiger partial charge in [-0.2, -0.15) is 0 Å². The van der Waals surface area contributed by atoms with Crippen molar-refractivity contribution in [1.82, 2.24) is 0 Å². The zero-order valence-corrected chi connectivity index (χ0v) is 13.5. The highest BCUT2D eigenvalue weighted by atomic mass is 32.2. The fraction of sp³-hybridized carbons (Fsp3) is 0.125. The van der Waals surface area contributed by atoms with E-state index in [0.29, 0.717) is 11.3 Å². The molecule has 0 aliphatic carbocycles. The number of Topliss-reactive ketones (excluding diaryl/α,β-unsaturated/α-hetero) is 1. The Bertz CT molecular complexity index is 843. The molecule has 7 heteroatoms. The fourth-order valence-corrected chi connectivity index (χ4v) is 3.08. The van der Waals surface area contributed by atoms with Crippen LogP contribution in [0, 0.1) is 0 Å². The third kappa shape index (κ3) is 4.17. The zero-order chi connectivity index (χ0) is 17.0. The summed E-state index contributed by atoms with van der Waals surface area (Å²) in [4.78, 5) is 22.6. The quantitative estimate of drug-likeness (QED) is 0.823. The number of carbonyl (C=O) groups is 2. The predicted molar refractivity (Wildman–Crippen MR) is 88.0 cm³/mol. The van der Waals surface area contributed by atoms with E-state index >= 15 is 0 Å². The summed E-state index contributed by atoms with van der Waals surface area (Å²) in [5.41, 5.74) is 1.03. The SMILES string of the molecule is CC(=O)Nc1ccc(S(=O)(=O)Nc2ccccc2C(C)=O)cc1. The smallest absolute Gasteiger partial charge is 0.261 e. The molecule has 0 radical (unpaired) electrons. The van der Waals surface area contributed by atoms with Crippen LogP contribution in [0.15, 0.2) is 53.4 Å². The summed E-state index contributed by atoms with van der Waals surface area (Å²) in [5, 5.41) is 2.56.